The van der Waals surface area contributed by atoms with E-state index in [0.717, 1.165) is 18.6 Å². The minimum atomic E-state index is -4.64. The monoisotopic (exact) mass is 496 g/mol. The van der Waals surface area contributed by atoms with Crippen LogP contribution in [0.5, 0.6) is 5.75 Å². The van der Waals surface area contributed by atoms with Crippen LogP contribution in [0.1, 0.15) is 31.5 Å². The molecule has 0 atom stereocenters. The molecule has 8 nitrogen and oxygen atoms in total. The van der Waals surface area contributed by atoms with Crippen molar-refractivity contribution in [3.8, 4) is 5.75 Å². The van der Waals surface area contributed by atoms with Crippen molar-refractivity contribution in [2.75, 3.05) is 31.1 Å². The summed E-state index contributed by atoms with van der Waals surface area (Å²) in [6.45, 7) is 2.16. The number of aromatic nitrogens is 4. The van der Waals surface area contributed by atoms with E-state index >= 15 is 0 Å². The van der Waals surface area contributed by atoms with Gasteiger partial charge in [-0.05, 0) is 62.1 Å². The molecule has 3 aromatic rings. The van der Waals surface area contributed by atoms with Gasteiger partial charge in [-0.15, -0.1) is 15.3 Å². The molecule has 0 bridgehead atoms. The van der Waals surface area contributed by atoms with E-state index < -0.39 is 12.0 Å². The number of anilines is 1. The Bertz CT molecular complexity index is 1110. The Morgan fingerprint density at radius 2 is 1.82 bits per heavy atom. The topological polar surface area (TPSA) is 84.6 Å². The number of alkyl halides is 3. The average Bonchev–Trinajstić information content (AvgIpc) is 3.26. The fraction of sp³-hybridized carbons (Fsp3) is 0.455. The molecule has 182 valence electrons. The lowest BCUT2D eigenvalue weighted by molar-refractivity contribution is -0.146. The van der Waals surface area contributed by atoms with Gasteiger partial charge < -0.3 is 15.0 Å². The zero-order chi connectivity index (χ0) is 24.1. The molecule has 2 aromatic heterocycles. The van der Waals surface area contributed by atoms with Gasteiger partial charge in [0.1, 0.15) is 11.6 Å². The van der Waals surface area contributed by atoms with Crippen LogP contribution in [0, 0.1) is 5.92 Å². The first-order valence-corrected chi connectivity index (χ1v) is 11.4. The number of piperidine rings is 1. The Balaban J connectivity index is 1.19. The van der Waals surface area contributed by atoms with Gasteiger partial charge in [-0.3, -0.25) is 4.79 Å². The maximum absolute atomic E-state index is 13.1. The predicted octanol–water partition coefficient (Wildman–Crippen LogP) is 3.99. The van der Waals surface area contributed by atoms with Crippen molar-refractivity contribution in [2.24, 2.45) is 5.92 Å². The van der Waals surface area contributed by atoms with Crippen molar-refractivity contribution in [1.82, 2.24) is 25.1 Å². The molecule has 1 fully saturated rings. The molecule has 12 heteroatoms. The fourth-order valence-electron chi connectivity index (χ4n) is 3.80. The van der Waals surface area contributed by atoms with Gasteiger partial charge in [-0.2, -0.15) is 17.7 Å². The molecule has 3 heterocycles. The molecule has 1 aliphatic heterocycles. The highest BCUT2D eigenvalue weighted by atomic mass is 35.5. The highest BCUT2D eigenvalue weighted by Crippen LogP contribution is 2.28. The summed E-state index contributed by atoms with van der Waals surface area (Å²) in [7, 11) is 0. The van der Waals surface area contributed by atoms with Crippen LogP contribution in [0.25, 0.3) is 5.65 Å². The molecule has 0 aliphatic carbocycles. The van der Waals surface area contributed by atoms with Gasteiger partial charge in [-0.1, -0.05) is 11.6 Å². The minimum Gasteiger partial charge on any atom is -0.494 e. The number of rotatable bonds is 8. The second-order valence-corrected chi connectivity index (χ2v) is 8.48. The smallest absolute Gasteiger partial charge is 0.453 e. The van der Waals surface area contributed by atoms with E-state index in [0.29, 0.717) is 54.4 Å². The summed E-state index contributed by atoms with van der Waals surface area (Å²) in [5.74, 6) is -0.131. The Hall–Kier alpha value is -3.08. The van der Waals surface area contributed by atoms with Crippen molar-refractivity contribution < 1.29 is 22.7 Å². The number of carbonyl (C=O) groups excluding carboxylic acids is 1. The van der Waals surface area contributed by atoms with Crippen molar-refractivity contribution in [3.63, 3.8) is 0 Å². The normalized spacial score (nSPS) is 15.0. The summed E-state index contributed by atoms with van der Waals surface area (Å²) in [6.07, 6.45) is -1.85. The SMILES string of the molecule is O=C(NCCCCOc1ccc(Cl)cc1)C1CCN(c2ccc3nnc(C(F)(F)F)n3n2)CC1. The van der Waals surface area contributed by atoms with Gasteiger partial charge in [0.05, 0.1) is 6.61 Å². The largest absolute Gasteiger partial charge is 0.494 e. The van der Waals surface area contributed by atoms with Crippen LogP contribution in [0.3, 0.4) is 0 Å². The second-order valence-electron chi connectivity index (χ2n) is 8.04. The molecule has 4 rings (SSSR count). The highest BCUT2D eigenvalue weighted by molar-refractivity contribution is 6.30. The molecule has 0 radical (unpaired) electrons. The summed E-state index contributed by atoms with van der Waals surface area (Å²) in [5.41, 5.74) is 0.0314. The zero-order valence-corrected chi connectivity index (χ0v) is 19.0. The molecule has 1 N–H and O–H groups in total. The molecule has 1 amide bonds. The third kappa shape index (κ3) is 5.88. The maximum Gasteiger partial charge on any atom is 0.453 e. The number of hydrogen-bond acceptors (Lipinski definition) is 6. The third-order valence-corrected chi connectivity index (χ3v) is 5.90. The molecular weight excluding hydrogens is 473 g/mol. The number of halogens is 4. The minimum absolute atomic E-state index is 0.000141. The van der Waals surface area contributed by atoms with Crippen molar-refractivity contribution in [2.45, 2.75) is 31.9 Å². The van der Waals surface area contributed by atoms with Crippen LogP contribution in [0.2, 0.25) is 5.02 Å². The van der Waals surface area contributed by atoms with E-state index in [1.165, 1.54) is 6.07 Å². The fourth-order valence-corrected chi connectivity index (χ4v) is 3.93. The number of benzene rings is 1. The van der Waals surface area contributed by atoms with Crippen LogP contribution in [0.4, 0.5) is 19.0 Å². The van der Waals surface area contributed by atoms with Gasteiger partial charge in [0, 0.05) is 30.6 Å². The third-order valence-electron chi connectivity index (χ3n) is 5.64. The van der Waals surface area contributed by atoms with E-state index in [1.54, 1.807) is 18.2 Å². The van der Waals surface area contributed by atoms with Crippen LogP contribution in [-0.4, -0.2) is 52.0 Å². The number of amides is 1. The molecule has 0 unspecified atom stereocenters. The number of hydrogen-bond donors (Lipinski definition) is 1. The van der Waals surface area contributed by atoms with E-state index in [2.05, 4.69) is 20.6 Å². The second kappa shape index (κ2) is 10.5. The molecule has 1 aromatic carbocycles. The summed E-state index contributed by atoms with van der Waals surface area (Å²) in [4.78, 5) is 14.4. The first-order valence-electron chi connectivity index (χ1n) is 11.0. The van der Waals surface area contributed by atoms with Crippen molar-refractivity contribution >= 4 is 29.0 Å². The van der Waals surface area contributed by atoms with E-state index in [4.69, 9.17) is 16.3 Å². The Morgan fingerprint density at radius 1 is 1.09 bits per heavy atom. The number of nitrogens with one attached hydrogen (secondary N) is 1. The van der Waals surface area contributed by atoms with Crippen LogP contribution >= 0.6 is 11.6 Å². The number of carbonyl (C=O) groups is 1. The first kappa shape index (κ1) is 24.1. The summed E-state index contributed by atoms with van der Waals surface area (Å²) >= 11 is 5.84. The number of ether oxygens (including phenoxy) is 1. The summed E-state index contributed by atoms with van der Waals surface area (Å²) in [5, 5.41) is 14.4. The van der Waals surface area contributed by atoms with E-state index in [1.807, 2.05) is 17.0 Å². The first-order chi connectivity index (χ1) is 16.3. The van der Waals surface area contributed by atoms with Gasteiger partial charge >= 0.3 is 6.18 Å². The molecule has 0 spiro atoms. The zero-order valence-electron chi connectivity index (χ0n) is 18.3. The van der Waals surface area contributed by atoms with E-state index in [9.17, 15) is 18.0 Å². The lowest BCUT2D eigenvalue weighted by atomic mass is 9.96. The van der Waals surface area contributed by atoms with Crippen LogP contribution in [0.15, 0.2) is 36.4 Å². The Labute approximate surface area is 199 Å². The Kier molecular flexibility index (Phi) is 7.40. The highest BCUT2D eigenvalue weighted by Gasteiger charge is 2.38. The van der Waals surface area contributed by atoms with Gasteiger partial charge in [-0.25, -0.2) is 0 Å². The van der Waals surface area contributed by atoms with Crippen molar-refractivity contribution in [3.05, 3.63) is 47.2 Å². The predicted molar refractivity (Wildman–Crippen MR) is 120 cm³/mol. The average molecular weight is 497 g/mol. The molecular formula is C22H24ClF3N6O2. The van der Waals surface area contributed by atoms with E-state index in [-0.39, 0.29) is 17.5 Å². The molecule has 1 saturated heterocycles. The lowest BCUT2D eigenvalue weighted by Gasteiger charge is -2.32. The summed E-state index contributed by atoms with van der Waals surface area (Å²) in [6, 6.07) is 10.2. The van der Waals surface area contributed by atoms with Crippen LogP contribution in [-0.2, 0) is 11.0 Å². The van der Waals surface area contributed by atoms with Gasteiger partial charge in [0.2, 0.25) is 5.91 Å². The standard InChI is InChI=1S/C22H24ClF3N6O2/c23-16-3-5-17(6-4-16)34-14-2-1-11-27-20(33)15-9-12-31(13-10-15)19-8-7-18-28-29-21(22(24,25)26)32(18)30-19/h3-8,15H,1-2,9-14H2,(H,27,33). The Morgan fingerprint density at radius 3 is 2.53 bits per heavy atom. The molecule has 0 saturated carbocycles. The number of unbranched alkanes of at least 4 members (excludes halogenated alkanes) is 1. The maximum atomic E-state index is 13.1. The van der Waals surface area contributed by atoms with Crippen molar-refractivity contribution in [1.29, 1.82) is 0 Å². The quantitative estimate of drug-likeness (QED) is 0.475. The van der Waals surface area contributed by atoms with Crippen LogP contribution < -0.4 is 15.0 Å². The lowest BCUT2D eigenvalue weighted by Crippen LogP contribution is -2.41. The van der Waals surface area contributed by atoms with Gasteiger partial charge in [0.25, 0.3) is 5.82 Å². The molecule has 34 heavy (non-hydrogen) atoms. The number of nitrogens with zero attached hydrogens (tertiary/aromatic N) is 5. The van der Waals surface area contributed by atoms with Gasteiger partial charge in [0.15, 0.2) is 5.65 Å². The molecule has 1 aliphatic rings. The summed E-state index contributed by atoms with van der Waals surface area (Å²) < 4.78 is 45.6. The number of fused-ring (bicyclic) bond motifs is 1.